The van der Waals surface area contributed by atoms with Crippen LogP contribution in [0.15, 0.2) is 33.6 Å². The molecule has 1 fully saturated rings. The smallest absolute Gasteiger partial charge is 0.135 e. The molecule has 0 saturated carbocycles. The Morgan fingerprint density at radius 1 is 1.36 bits per heavy atom. The van der Waals surface area contributed by atoms with Crippen LogP contribution in [0.3, 0.4) is 0 Å². The Morgan fingerprint density at radius 2 is 2.05 bits per heavy atom. The van der Waals surface area contributed by atoms with Crippen molar-refractivity contribution < 1.29 is 10.2 Å². The average Bonchev–Trinajstić information content (AvgIpc) is 2.58. The summed E-state index contributed by atoms with van der Waals surface area (Å²) in [4.78, 5) is 1.88. The zero-order valence-corrected chi connectivity index (χ0v) is 13.6. The third-order valence-electron chi connectivity index (χ3n) is 3.74. The van der Waals surface area contributed by atoms with Gasteiger partial charge in [0.05, 0.1) is 11.8 Å². The molecule has 22 heavy (non-hydrogen) atoms. The lowest BCUT2D eigenvalue weighted by atomic mass is 9.99. The molecule has 2 aliphatic rings. The lowest BCUT2D eigenvalue weighted by Gasteiger charge is -2.36. The molecule has 1 saturated heterocycles. The Hall–Kier alpha value is -1.50. The first-order chi connectivity index (χ1) is 10.7. The van der Waals surface area contributed by atoms with Crippen molar-refractivity contribution in [1.29, 1.82) is 0 Å². The molecule has 1 heterocycles. The van der Waals surface area contributed by atoms with Gasteiger partial charge in [0.25, 0.3) is 0 Å². The number of rotatable bonds is 5. The molecule has 2 N–H and O–H groups in total. The summed E-state index contributed by atoms with van der Waals surface area (Å²) in [5.74, 6) is 0. The fourth-order valence-corrected chi connectivity index (χ4v) is 2.74. The number of likely N-dealkylation sites (tertiary alicyclic amines) is 1. The van der Waals surface area contributed by atoms with Crippen LogP contribution < -0.4 is 0 Å². The first-order valence-electron chi connectivity index (χ1n) is 7.90. The van der Waals surface area contributed by atoms with Gasteiger partial charge in [-0.3, -0.25) is 4.90 Å². The molecule has 6 heteroatoms. The second-order valence-electron chi connectivity index (χ2n) is 5.08. The van der Waals surface area contributed by atoms with E-state index in [-0.39, 0.29) is 6.10 Å². The molecule has 2 rings (SSSR count). The third kappa shape index (κ3) is 4.50. The Morgan fingerprint density at radius 3 is 2.64 bits per heavy atom. The number of aliphatic hydroxyl groups is 2. The van der Waals surface area contributed by atoms with Crippen LogP contribution in [0.4, 0.5) is 0 Å². The van der Waals surface area contributed by atoms with E-state index in [4.69, 9.17) is 0 Å². The zero-order chi connectivity index (χ0) is 16.5. The van der Waals surface area contributed by atoms with Crippen molar-refractivity contribution in [1.82, 2.24) is 10.0 Å². The van der Waals surface area contributed by atoms with Gasteiger partial charge >= 0.3 is 0 Å². The third-order valence-corrected chi connectivity index (χ3v) is 3.74. The van der Waals surface area contributed by atoms with Crippen LogP contribution in [-0.4, -0.2) is 59.1 Å². The van der Waals surface area contributed by atoms with Crippen LogP contribution in [0, 0.1) is 0 Å². The summed E-state index contributed by atoms with van der Waals surface area (Å²) in [5, 5.41) is 29.3. The predicted octanol–water partition coefficient (Wildman–Crippen LogP) is 1.92. The number of hydrazone groups is 2. The van der Waals surface area contributed by atoms with Crippen LogP contribution in [0.5, 0.6) is 0 Å². The first kappa shape index (κ1) is 18.5. The zero-order valence-electron chi connectivity index (χ0n) is 13.6. The Balaban J connectivity index is 0.00000116. The highest BCUT2D eigenvalue weighted by molar-refractivity contribution is 5.34. The lowest BCUT2D eigenvalue weighted by Crippen LogP contribution is -2.46. The Kier molecular flexibility index (Phi) is 8.01. The SMILES string of the molecule is C=NN(N=C)C1=C(C(O)N2CCCC(O)C2)C=CCC1.CC. The van der Waals surface area contributed by atoms with Crippen molar-refractivity contribution in [3.8, 4) is 0 Å². The van der Waals surface area contributed by atoms with Gasteiger partial charge in [-0.25, -0.2) is 0 Å². The van der Waals surface area contributed by atoms with E-state index in [1.165, 1.54) is 5.12 Å². The number of piperidine rings is 1. The van der Waals surface area contributed by atoms with Crippen molar-refractivity contribution in [2.24, 2.45) is 10.2 Å². The van der Waals surface area contributed by atoms with Crippen LogP contribution >= 0.6 is 0 Å². The van der Waals surface area contributed by atoms with Gasteiger partial charge in [0.2, 0.25) is 0 Å². The molecule has 0 radical (unpaired) electrons. The van der Waals surface area contributed by atoms with Gasteiger partial charge in [-0.2, -0.15) is 15.3 Å². The maximum Gasteiger partial charge on any atom is 0.135 e. The minimum atomic E-state index is -0.762. The highest BCUT2D eigenvalue weighted by atomic mass is 16.3. The largest absolute Gasteiger partial charge is 0.392 e. The molecular formula is C16H28N4O2. The van der Waals surface area contributed by atoms with Crippen molar-refractivity contribution in [3.05, 3.63) is 23.4 Å². The summed E-state index contributed by atoms with van der Waals surface area (Å²) in [5.41, 5.74) is 1.57. The maximum absolute atomic E-state index is 10.6. The van der Waals surface area contributed by atoms with Crippen molar-refractivity contribution in [2.75, 3.05) is 13.1 Å². The normalized spacial score (nSPS) is 23.4. The molecule has 0 amide bonds. The van der Waals surface area contributed by atoms with Gasteiger partial charge in [-0.05, 0) is 25.7 Å². The number of hydrogen-bond acceptors (Lipinski definition) is 6. The van der Waals surface area contributed by atoms with Crippen LogP contribution in [0.2, 0.25) is 0 Å². The molecule has 6 nitrogen and oxygen atoms in total. The highest BCUT2D eigenvalue weighted by Crippen LogP contribution is 2.27. The van der Waals surface area contributed by atoms with Gasteiger partial charge in [-0.15, -0.1) is 0 Å². The van der Waals surface area contributed by atoms with E-state index in [1.54, 1.807) is 0 Å². The maximum atomic E-state index is 10.6. The van der Waals surface area contributed by atoms with Crippen LogP contribution in [0.25, 0.3) is 0 Å². The summed E-state index contributed by atoms with van der Waals surface area (Å²) >= 11 is 0. The molecule has 0 aromatic heterocycles. The van der Waals surface area contributed by atoms with Crippen LogP contribution in [0.1, 0.15) is 39.5 Å². The summed E-state index contributed by atoms with van der Waals surface area (Å²) in [6.07, 6.45) is 6.06. The molecule has 0 aromatic rings. The Labute approximate surface area is 133 Å². The fraction of sp³-hybridized carbons (Fsp3) is 0.625. The van der Waals surface area contributed by atoms with Crippen LogP contribution in [-0.2, 0) is 0 Å². The second-order valence-corrected chi connectivity index (χ2v) is 5.08. The van der Waals surface area contributed by atoms with Gasteiger partial charge in [0.1, 0.15) is 6.23 Å². The summed E-state index contributed by atoms with van der Waals surface area (Å²) in [6.45, 7) is 12.2. The van der Waals surface area contributed by atoms with E-state index in [0.717, 1.165) is 43.5 Å². The standard InChI is InChI=1S/C14H22N4O2.C2H6/c1-15-18(16-2)13-8-4-3-7-12(13)14(20)17-9-5-6-11(19)10-17;1-2/h3,7,11,14,19-20H,1-2,4-6,8-10H2;1-2H3. The minimum Gasteiger partial charge on any atom is -0.392 e. The van der Waals surface area contributed by atoms with E-state index in [2.05, 4.69) is 23.6 Å². The minimum absolute atomic E-state index is 0.374. The quantitative estimate of drug-likeness (QED) is 0.601. The van der Waals surface area contributed by atoms with Gasteiger partial charge in [-0.1, -0.05) is 26.0 Å². The van der Waals surface area contributed by atoms with Crippen molar-refractivity contribution in [3.63, 3.8) is 0 Å². The fourth-order valence-electron chi connectivity index (χ4n) is 2.74. The topological polar surface area (TPSA) is 71.7 Å². The monoisotopic (exact) mass is 308 g/mol. The van der Waals surface area contributed by atoms with E-state index in [9.17, 15) is 10.2 Å². The molecule has 0 aromatic carbocycles. The number of β-amino-alcohol motifs (C(OH)–C–C–N with tert-alkyl or cyclic N) is 1. The number of hydrogen-bond donors (Lipinski definition) is 2. The summed E-state index contributed by atoms with van der Waals surface area (Å²) in [6, 6.07) is 0. The second kappa shape index (κ2) is 9.50. The molecular weight excluding hydrogens is 280 g/mol. The predicted molar refractivity (Wildman–Crippen MR) is 90.5 cm³/mol. The Bertz CT molecular complexity index is 426. The van der Waals surface area contributed by atoms with E-state index in [0.29, 0.717) is 6.54 Å². The molecule has 0 spiro atoms. The molecule has 2 unspecified atom stereocenters. The molecule has 2 atom stereocenters. The molecule has 1 aliphatic carbocycles. The first-order valence-corrected chi connectivity index (χ1v) is 7.90. The van der Waals surface area contributed by atoms with Gasteiger partial charge < -0.3 is 10.2 Å². The van der Waals surface area contributed by atoms with Gasteiger partial charge in [0.15, 0.2) is 0 Å². The summed E-state index contributed by atoms with van der Waals surface area (Å²) < 4.78 is 0. The van der Waals surface area contributed by atoms with Crippen molar-refractivity contribution >= 4 is 13.4 Å². The van der Waals surface area contributed by atoms with E-state index < -0.39 is 6.23 Å². The number of allylic oxidation sites excluding steroid dienone is 2. The van der Waals surface area contributed by atoms with Gasteiger partial charge in [0, 0.05) is 32.1 Å². The number of aliphatic hydroxyl groups excluding tert-OH is 2. The molecule has 0 bridgehead atoms. The lowest BCUT2D eigenvalue weighted by molar-refractivity contribution is -0.0234. The van der Waals surface area contributed by atoms with Crippen molar-refractivity contribution in [2.45, 2.75) is 51.9 Å². The highest BCUT2D eigenvalue weighted by Gasteiger charge is 2.28. The van der Waals surface area contributed by atoms with E-state index in [1.807, 2.05) is 30.9 Å². The average molecular weight is 308 g/mol. The summed E-state index contributed by atoms with van der Waals surface area (Å²) in [7, 11) is 0. The molecule has 124 valence electrons. The van der Waals surface area contributed by atoms with E-state index >= 15 is 0 Å². The molecule has 1 aliphatic heterocycles. The number of nitrogens with zero attached hydrogens (tertiary/aromatic N) is 4.